The van der Waals surface area contributed by atoms with Crippen LogP contribution in [0.4, 0.5) is 8.78 Å². The quantitative estimate of drug-likeness (QED) is 0.743. The largest absolute Gasteiger partial charge is 0.494 e. The van der Waals surface area contributed by atoms with Gasteiger partial charge in [-0.25, -0.2) is 8.78 Å². The summed E-state index contributed by atoms with van der Waals surface area (Å²) >= 11 is 3.50. The summed E-state index contributed by atoms with van der Waals surface area (Å²) in [6.45, 7) is 0. The van der Waals surface area contributed by atoms with E-state index in [1.54, 1.807) is 18.2 Å². The summed E-state index contributed by atoms with van der Waals surface area (Å²) in [5.41, 5.74) is 1.65. The minimum atomic E-state index is -0.399. The molecular weight excluding hydrogens is 314 g/mol. The standard InChI is InChI=1S/C15H13BrF2O/c1-19-15-6-5-11(9-14(15)18)13(16)8-10-3-2-4-12(17)7-10/h2-7,9,13H,8H2,1H3. The second-order valence-electron chi connectivity index (χ2n) is 4.20. The van der Waals surface area contributed by atoms with Crippen LogP contribution in [0.15, 0.2) is 42.5 Å². The molecule has 0 saturated carbocycles. The maximum absolute atomic E-state index is 13.6. The lowest BCUT2D eigenvalue weighted by atomic mass is 10.0. The van der Waals surface area contributed by atoms with Crippen LogP contribution < -0.4 is 4.74 Å². The van der Waals surface area contributed by atoms with Gasteiger partial charge in [-0.1, -0.05) is 34.1 Å². The molecule has 1 unspecified atom stereocenters. The second kappa shape index (κ2) is 6.15. The van der Waals surface area contributed by atoms with Gasteiger partial charge in [0.15, 0.2) is 11.6 Å². The number of hydrogen-bond donors (Lipinski definition) is 0. The fraction of sp³-hybridized carbons (Fsp3) is 0.200. The van der Waals surface area contributed by atoms with E-state index in [4.69, 9.17) is 4.74 Å². The summed E-state index contributed by atoms with van der Waals surface area (Å²) in [6.07, 6.45) is 0.587. The van der Waals surface area contributed by atoms with Gasteiger partial charge in [-0.2, -0.15) is 0 Å². The molecule has 0 amide bonds. The van der Waals surface area contributed by atoms with Gasteiger partial charge >= 0.3 is 0 Å². The van der Waals surface area contributed by atoms with Crippen LogP contribution in [0.1, 0.15) is 16.0 Å². The molecule has 0 heterocycles. The molecule has 2 aromatic rings. The first-order chi connectivity index (χ1) is 9.10. The highest BCUT2D eigenvalue weighted by molar-refractivity contribution is 9.09. The van der Waals surface area contributed by atoms with Crippen LogP contribution in [0.2, 0.25) is 0 Å². The highest BCUT2D eigenvalue weighted by Crippen LogP contribution is 2.30. The summed E-state index contributed by atoms with van der Waals surface area (Å²) in [5, 5.41) is 0. The fourth-order valence-electron chi connectivity index (χ4n) is 1.87. The first-order valence-corrected chi connectivity index (χ1v) is 6.73. The maximum Gasteiger partial charge on any atom is 0.165 e. The Kier molecular flexibility index (Phi) is 4.53. The van der Waals surface area contributed by atoms with Gasteiger partial charge in [-0.3, -0.25) is 0 Å². The van der Waals surface area contributed by atoms with Gasteiger partial charge in [0.25, 0.3) is 0 Å². The van der Waals surface area contributed by atoms with Crippen molar-refractivity contribution in [2.75, 3.05) is 7.11 Å². The molecule has 1 nitrogen and oxygen atoms in total. The van der Waals surface area contributed by atoms with Crippen molar-refractivity contribution in [3.8, 4) is 5.75 Å². The third-order valence-corrected chi connectivity index (χ3v) is 3.69. The Balaban J connectivity index is 2.15. The molecule has 0 aliphatic rings. The second-order valence-corrected chi connectivity index (χ2v) is 5.30. The minimum Gasteiger partial charge on any atom is -0.494 e. The van der Waals surface area contributed by atoms with E-state index in [2.05, 4.69) is 15.9 Å². The number of benzene rings is 2. The van der Waals surface area contributed by atoms with E-state index in [1.807, 2.05) is 6.07 Å². The maximum atomic E-state index is 13.6. The van der Waals surface area contributed by atoms with E-state index in [9.17, 15) is 8.78 Å². The molecule has 0 aliphatic heterocycles. The molecule has 100 valence electrons. The zero-order valence-electron chi connectivity index (χ0n) is 10.4. The molecular formula is C15H13BrF2O. The van der Waals surface area contributed by atoms with Gasteiger partial charge in [0.2, 0.25) is 0 Å². The highest BCUT2D eigenvalue weighted by Gasteiger charge is 2.12. The van der Waals surface area contributed by atoms with Crippen molar-refractivity contribution in [1.82, 2.24) is 0 Å². The third-order valence-electron chi connectivity index (χ3n) is 2.84. The average Bonchev–Trinajstić information content (AvgIpc) is 2.38. The third kappa shape index (κ3) is 3.53. The molecule has 4 heteroatoms. The Labute approximate surface area is 119 Å². The van der Waals surface area contributed by atoms with Crippen LogP contribution in [-0.2, 0) is 6.42 Å². The predicted molar refractivity (Wildman–Crippen MR) is 74.7 cm³/mol. The number of alkyl halides is 1. The first kappa shape index (κ1) is 14.0. The van der Waals surface area contributed by atoms with Crippen LogP contribution in [0.3, 0.4) is 0 Å². The SMILES string of the molecule is COc1ccc(C(Br)Cc2cccc(F)c2)cc1F. The topological polar surface area (TPSA) is 9.23 Å². The van der Waals surface area contributed by atoms with Crippen molar-refractivity contribution in [3.63, 3.8) is 0 Å². The van der Waals surface area contributed by atoms with Crippen LogP contribution in [-0.4, -0.2) is 7.11 Å². The Morgan fingerprint density at radius 1 is 1.16 bits per heavy atom. The number of rotatable bonds is 4. The summed E-state index contributed by atoms with van der Waals surface area (Å²) in [5.74, 6) is -0.448. The fourth-order valence-corrected chi connectivity index (χ4v) is 2.52. The van der Waals surface area contributed by atoms with Crippen LogP contribution in [0.25, 0.3) is 0 Å². The molecule has 0 aliphatic carbocycles. The van der Waals surface area contributed by atoms with Gasteiger partial charge < -0.3 is 4.74 Å². The van der Waals surface area contributed by atoms with E-state index < -0.39 is 5.82 Å². The Morgan fingerprint density at radius 2 is 1.95 bits per heavy atom. The van der Waals surface area contributed by atoms with Gasteiger partial charge in [0, 0.05) is 4.83 Å². The zero-order chi connectivity index (χ0) is 13.8. The number of methoxy groups -OCH3 is 1. The van der Waals surface area contributed by atoms with Crippen molar-refractivity contribution < 1.29 is 13.5 Å². The lowest BCUT2D eigenvalue weighted by molar-refractivity contribution is 0.386. The molecule has 2 aromatic carbocycles. The molecule has 0 radical (unpaired) electrons. The van der Waals surface area contributed by atoms with Crippen molar-refractivity contribution >= 4 is 15.9 Å². The normalized spacial score (nSPS) is 12.2. The molecule has 0 spiro atoms. The molecule has 0 N–H and O–H groups in total. The highest BCUT2D eigenvalue weighted by atomic mass is 79.9. The molecule has 1 atom stereocenters. The van der Waals surface area contributed by atoms with Crippen molar-refractivity contribution in [2.45, 2.75) is 11.2 Å². The average molecular weight is 327 g/mol. The van der Waals surface area contributed by atoms with Gasteiger partial charge in [-0.15, -0.1) is 0 Å². The summed E-state index contributed by atoms with van der Waals surface area (Å²) in [7, 11) is 1.43. The lowest BCUT2D eigenvalue weighted by Gasteiger charge is -2.12. The molecule has 2 rings (SSSR count). The molecule has 0 saturated heterocycles. The first-order valence-electron chi connectivity index (χ1n) is 5.82. The molecule has 0 bridgehead atoms. The molecule has 19 heavy (non-hydrogen) atoms. The minimum absolute atomic E-state index is 0.0743. The number of hydrogen-bond acceptors (Lipinski definition) is 1. The number of halogens is 3. The Morgan fingerprint density at radius 3 is 2.58 bits per heavy atom. The molecule has 0 fully saturated rings. The van der Waals surface area contributed by atoms with E-state index in [1.165, 1.54) is 25.3 Å². The van der Waals surface area contributed by atoms with Gasteiger partial charge in [0.05, 0.1) is 7.11 Å². The summed E-state index contributed by atoms with van der Waals surface area (Å²) in [6, 6.07) is 11.2. The lowest BCUT2D eigenvalue weighted by Crippen LogP contribution is -1.98. The number of ether oxygens (including phenoxy) is 1. The molecule has 0 aromatic heterocycles. The predicted octanol–water partition coefficient (Wildman–Crippen LogP) is 4.65. The van der Waals surface area contributed by atoms with Crippen LogP contribution in [0.5, 0.6) is 5.75 Å². The zero-order valence-corrected chi connectivity index (χ0v) is 12.0. The van der Waals surface area contributed by atoms with E-state index in [-0.39, 0.29) is 16.4 Å². The Hall–Kier alpha value is -1.42. The monoisotopic (exact) mass is 326 g/mol. The summed E-state index contributed by atoms with van der Waals surface area (Å²) < 4.78 is 31.6. The van der Waals surface area contributed by atoms with Crippen LogP contribution >= 0.6 is 15.9 Å². The van der Waals surface area contributed by atoms with Gasteiger partial charge in [-0.05, 0) is 41.8 Å². The van der Waals surface area contributed by atoms with E-state index in [0.717, 1.165) is 11.1 Å². The van der Waals surface area contributed by atoms with Crippen molar-refractivity contribution in [3.05, 3.63) is 65.2 Å². The van der Waals surface area contributed by atoms with Crippen molar-refractivity contribution in [1.29, 1.82) is 0 Å². The summed E-state index contributed by atoms with van der Waals surface area (Å²) in [4.78, 5) is -0.0743. The van der Waals surface area contributed by atoms with Crippen molar-refractivity contribution in [2.24, 2.45) is 0 Å². The van der Waals surface area contributed by atoms with Crippen LogP contribution in [0, 0.1) is 11.6 Å². The Bertz CT molecular complexity index is 572. The van der Waals surface area contributed by atoms with E-state index in [0.29, 0.717) is 6.42 Å². The van der Waals surface area contributed by atoms with Gasteiger partial charge in [0.1, 0.15) is 5.82 Å². The van der Waals surface area contributed by atoms with E-state index >= 15 is 0 Å². The smallest absolute Gasteiger partial charge is 0.165 e.